The highest BCUT2D eigenvalue weighted by Gasteiger charge is 2.33. The zero-order valence-electron chi connectivity index (χ0n) is 16.7. The van der Waals surface area contributed by atoms with Crippen molar-refractivity contribution < 1.29 is 18.0 Å². The average molecular weight is 482 g/mol. The molecule has 2 atom stereocenters. The van der Waals surface area contributed by atoms with E-state index in [2.05, 4.69) is 15.9 Å². The molecule has 30 heavy (non-hydrogen) atoms. The van der Waals surface area contributed by atoms with Crippen molar-refractivity contribution in [3.05, 3.63) is 69.7 Å². The van der Waals surface area contributed by atoms with Gasteiger partial charge in [-0.1, -0.05) is 54.0 Å². The summed E-state index contributed by atoms with van der Waals surface area (Å²) in [6.07, 6.45) is -4.03. The average Bonchev–Trinajstić information content (AvgIpc) is 2.67. The maximum Gasteiger partial charge on any atom is 0.416 e. The normalized spacial score (nSPS) is 13.6. The molecular formula is C22H23BrF3N3O. The number of nitriles is 1. The number of alkyl halides is 3. The first-order valence-electron chi connectivity index (χ1n) is 9.40. The Labute approximate surface area is 182 Å². The van der Waals surface area contributed by atoms with Gasteiger partial charge in [0.1, 0.15) is 6.54 Å². The summed E-state index contributed by atoms with van der Waals surface area (Å²) >= 11 is 3.35. The van der Waals surface area contributed by atoms with Crippen LogP contribution in [-0.2, 0) is 11.0 Å². The van der Waals surface area contributed by atoms with Crippen LogP contribution in [0.2, 0.25) is 0 Å². The minimum Gasteiger partial charge on any atom is -0.320 e. The number of amides is 1. The summed E-state index contributed by atoms with van der Waals surface area (Å²) in [6, 6.07) is 12.1. The zero-order chi connectivity index (χ0) is 22.5. The molecule has 2 aromatic rings. The SMILES string of the molecule is CC(C)C[C@H](N)C(=O)N(CC#N)[C@@H](c1ccc(Br)cc1)c1ccc(C(F)(F)F)cc1. The fraction of sp³-hybridized carbons (Fsp3) is 0.364. The van der Waals surface area contributed by atoms with Crippen LogP contribution in [0, 0.1) is 17.2 Å². The highest BCUT2D eigenvalue weighted by molar-refractivity contribution is 9.10. The van der Waals surface area contributed by atoms with E-state index in [1.165, 1.54) is 17.0 Å². The molecule has 0 saturated heterocycles. The molecule has 0 aliphatic heterocycles. The molecule has 0 spiro atoms. The van der Waals surface area contributed by atoms with Gasteiger partial charge in [0.05, 0.1) is 23.7 Å². The highest BCUT2D eigenvalue weighted by Crippen LogP contribution is 2.34. The molecule has 0 fully saturated rings. The standard InChI is InChI=1S/C22H23BrF3N3O/c1-14(2)13-19(28)21(30)29(12-11-27)20(16-5-9-18(23)10-6-16)15-3-7-17(8-4-15)22(24,25)26/h3-10,14,19-20H,12-13,28H2,1-2H3/t19-,20+/m0/s1. The van der Waals surface area contributed by atoms with Crippen LogP contribution in [-0.4, -0.2) is 23.4 Å². The number of halogens is 4. The molecule has 0 saturated carbocycles. The van der Waals surface area contributed by atoms with Gasteiger partial charge in [-0.2, -0.15) is 18.4 Å². The lowest BCUT2D eigenvalue weighted by molar-refractivity contribution is -0.137. The molecule has 2 rings (SSSR count). The lowest BCUT2D eigenvalue weighted by atomic mass is 9.94. The van der Waals surface area contributed by atoms with Crippen LogP contribution in [0.15, 0.2) is 53.0 Å². The number of nitrogens with zero attached hydrogens (tertiary/aromatic N) is 2. The molecule has 4 nitrogen and oxygen atoms in total. The van der Waals surface area contributed by atoms with E-state index in [0.29, 0.717) is 17.5 Å². The Bertz CT molecular complexity index is 890. The summed E-state index contributed by atoms with van der Waals surface area (Å²) in [4.78, 5) is 14.4. The third kappa shape index (κ3) is 6.07. The Morgan fingerprint density at radius 2 is 1.60 bits per heavy atom. The molecule has 0 bridgehead atoms. The maximum atomic E-state index is 13.1. The molecule has 0 aliphatic carbocycles. The lowest BCUT2D eigenvalue weighted by Crippen LogP contribution is -2.46. The van der Waals surface area contributed by atoms with Crippen molar-refractivity contribution in [3.63, 3.8) is 0 Å². The van der Waals surface area contributed by atoms with Crippen LogP contribution in [0.25, 0.3) is 0 Å². The Morgan fingerprint density at radius 1 is 1.10 bits per heavy atom. The number of benzene rings is 2. The Kier molecular flexibility index (Phi) is 8.04. The van der Waals surface area contributed by atoms with Crippen molar-refractivity contribution in [1.29, 1.82) is 5.26 Å². The fourth-order valence-electron chi connectivity index (χ4n) is 3.25. The van der Waals surface area contributed by atoms with E-state index >= 15 is 0 Å². The van der Waals surface area contributed by atoms with Gasteiger partial charge in [0.25, 0.3) is 0 Å². The molecule has 0 unspecified atom stereocenters. The Morgan fingerprint density at radius 3 is 2.03 bits per heavy atom. The van der Waals surface area contributed by atoms with Crippen LogP contribution >= 0.6 is 15.9 Å². The van der Waals surface area contributed by atoms with E-state index < -0.39 is 29.7 Å². The Balaban J connectivity index is 2.54. The van der Waals surface area contributed by atoms with Crippen molar-refractivity contribution in [3.8, 4) is 6.07 Å². The molecular weight excluding hydrogens is 459 g/mol. The summed E-state index contributed by atoms with van der Waals surface area (Å²) < 4.78 is 39.8. The minimum atomic E-state index is -4.46. The monoisotopic (exact) mass is 481 g/mol. The summed E-state index contributed by atoms with van der Waals surface area (Å²) in [5.41, 5.74) is 6.44. The Hall–Kier alpha value is -2.37. The van der Waals surface area contributed by atoms with Gasteiger partial charge in [0.2, 0.25) is 5.91 Å². The first-order valence-corrected chi connectivity index (χ1v) is 10.2. The van der Waals surface area contributed by atoms with E-state index in [9.17, 15) is 23.2 Å². The first-order chi connectivity index (χ1) is 14.0. The van der Waals surface area contributed by atoms with Gasteiger partial charge in [-0.3, -0.25) is 4.79 Å². The van der Waals surface area contributed by atoms with Gasteiger partial charge >= 0.3 is 6.18 Å². The second-order valence-electron chi connectivity index (χ2n) is 7.43. The van der Waals surface area contributed by atoms with E-state index in [4.69, 9.17) is 5.73 Å². The van der Waals surface area contributed by atoms with Crippen molar-refractivity contribution >= 4 is 21.8 Å². The quantitative estimate of drug-likeness (QED) is 0.546. The van der Waals surface area contributed by atoms with Crippen molar-refractivity contribution in [2.75, 3.05) is 6.54 Å². The van der Waals surface area contributed by atoms with Gasteiger partial charge in [-0.15, -0.1) is 0 Å². The molecule has 160 valence electrons. The number of carbonyl (C=O) groups excluding carboxylic acids is 1. The predicted octanol–water partition coefficient (Wildman–Crippen LogP) is 5.28. The molecule has 2 aromatic carbocycles. The second-order valence-corrected chi connectivity index (χ2v) is 8.35. The highest BCUT2D eigenvalue weighted by atomic mass is 79.9. The summed E-state index contributed by atoms with van der Waals surface area (Å²) in [6.45, 7) is 3.63. The van der Waals surface area contributed by atoms with E-state index in [1.807, 2.05) is 19.9 Å². The van der Waals surface area contributed by atoms with E-state index in [1.54, 1.807) is 24.3 Å². The minimum absolute atomic E-state index is 0.171. The van der Waals surface area contributed by atoms with E-state index in [0.717, 1.165) is 16.6 Å². The molecule has 0 radical (unpaired) electrons. The fourth-order valence-corrected chi connectivity index (χ4v) is 3.51. The van der Waals surface area contributed by atoms with Gasteiger partial charge in [0.15, 0.2) is 0 Å². The molecule has 0 aliphatic rings. The third-order valence-corrected chi connectivity index (χ3v) is 5.15. The zero-order valence-corrected chi connectivity index (χ0v) is 18.2. The van der Waals surface area contributed by atoms with Crippen molar-refractivity contribution in [1.82, 2.24) is 4.90 Å². The topological polar surface area (TPSA) is 70.1 Å². The van der Waals surface area contributed by atoms with Crippen LogP contribution in [0.1, 0.15) is 43.0 Å². The summed E-state index contributed by atoms with van der Waals surface area (Å²) in [5, 5.41) is 9.35. The van der Waals surface area contributed by atoms with Gasteiger partial charge in [-0.05, 0) is 47.7 Å². The van der Waals surface area contributed by atoms with Crippen molar-refractivity contribution in [2.24, 2.45) is 11.7 Å². The number of rotatable bonds is 7. The maximum absolute atomic E-state index is 13.1. The third-order valence-electron chi connectivity index (χ3n) is 4.62. The van der Waals surface area contributed by atoms with E-state index in [-0.39, 0.29) is 12.5 Å². The van der Waals surface area contributed by atoms with Crippen LogP contribution in [0.4, 0.5) is 13.2 Å². The molecule has 8 heteroatoms. The van der Waals surface area contributed by atoms with Crippen molar-refractivity contribution in [2.45, 2.75) is 38.5 Å². The number of nitrogens with two attached hydrogens (primary N) is 1. The largest absolute Gasteiger partial charge is 0.416 e. The van der Waals surface area contributed by atoms with Crippen LogP contribution in [0.5, 0.6) is 0 Å². The number of hydrogen-bond donors (Lipinski definition) is 1. The lowest BCUT2D eigenvalue weighted by Gasteiger charge is -2.33. The van der Waals surface area contributed by atoms with Gasteiger partial charge in [-0.25, -0.2) is 0 Å². The summed E-state index contributed by atoms with van der Waals surface area (Å²) in [5.74, 6) is -0.247. The first kappa shape index (κ1) is 23.9. The van der Waals surface area contributed by atoms with Gasteiger partial charge < -0.3 is 10.6 Å². The van der Waals surface area contributed by atoms with Crippen LogP contribution in [0.3, 0.4) is 0 Å². The molecule has 0 heterocycles. The number of carbonyl (C=O) groups is 1. The van der Waals surface area contributed by atoms with Crippen LogP contribution < -0.4 is 5.73 Å². The molecule has 1 amide bonds. The number of hydrogen-bond acceptors (Lipinski definition) is 3. The molecule has 0 aromatic heterocycles. The predicted molar refractivity (Wildman–Crippen MR) is 112 cm³/mol. The second kappa shape index (κ2) is 10.1. The smallest absolute Gasteiger partial charge is 0.320 e. The molecule has 2 N–H and O–H groups in total. The summed E-state index contributed by atoms with van der Waals surface area (Å²) in [7, 11) is 0. The van der Waals surface area contributed by atoms with Gasteiger partial charge in [0, 0.05) is 4.47 Å².